The number of carbonyl (C=O) groups is 1. The van der Waals surface area contributed by atoms with Crippen LogP contribution in [0.25, 0.3) is 11.1 Å². The number of rotatable bonds is 11. The number of nitrogens with zero attached hydrogens (tertiary/aromatic N) is 3. The molecule has 1 aromatic heterocycles. The fourth-order valence-electron chi connectivity index (χ4n) is 5.08. The minimum absolute atomic E-state index is 0.0968. The number of hydrogen-bond acceptors (Lipinski definition) is 7. The molecule has 1 aliphatic carbocycles. The molecule has 3 N–H and O–H groups in total. The molecule has 1 aromatic carbocycles. The number of amides is 1. The van der Waals surface area contributed by atoms with Crippen LogP contribution in [0, 0.1) is 0 Å². The minimum atomic E-state index is -0.132. The normalized spacial score (nSPS) is 17.6. The molecule has 1 aliphatic heterocycles. The summed E-state index contributed by atoms with van der Waals surface area (Å²) in [7, 11) is 0. The largest absolute Gasteiger partial charge is 0.490 e. The number of nitrogens with two attached hydrogens (primary N) is 1. The number of aryl methyl sites for hydroxylation is 1. The van der Waals surface area contributed by atoms with Crippen LogP contribution in [-0.2, 0) is 11.2 Å². The minimum Gasteiger partial charge on any atom is -0.490 e. The van der Waals surface area contributed by atoms with E-state index in [-0.39, 0.29) is 12.0 Å². The van der Waals surface area contributed by atoms with Crippen molar-refractivity contribution < 1.29 is 14.3 Å². The van der Waals surface area contributed by atoms with Crippen LogP contribution >= 0.6 is 0 Å². The highest BCUT2D eigenvalue weighted by atomic mass is 16.5. The van der Waals surface area contributed by atoms with E-state index in [4.69, 9.17) is 15.3 Å². The van der Waals surface area contributed by atoms with Gasteiger partial charge in [0.15, 0.2) is 0 Å². The van der Waals surface area contributed by atoms with Gasteiger partial charge in [0, 0.05) is 37.7 Å². The number of carbonyl (C=O) groups excluding carboxylic acids is 1. The van der Waals surface area contributed by atoms with Crippen LogP contribution in [0.2, 0.25) is 0 Å². The molecule has 1 saturated carbocycles. The zero-order chi connectivity index (χ0) is 25.2. The van der Waals surface area contributed by atoms with E-state index in [1.165, 1.54) is 19.3 Å². The Morgan fingerprint density at radius 1 is 1.03 bits per heavy atom. The molecule has 4 rings (SSSR count). The second-order valence-corrected chi connectivity index (χ2v) is 10.0. The van der Waals surface area contributed by atoms with Gasteiger partial charge in [0.2, 0.25) is 11.8 Å². The summed E-state index contributed by atoms with van der Waals surface area (Å²) in [5.74, 6) is 6.56. The summed E-state index contributed by atoms with van der Waals surface area (Å²) < 4.78 is 12.5. The highest BCUT2D eigenvalue weighted by molar-refractivity contribution is 5.75. The quantitative estimate of drug-likeness (QED) is 0.270. The SMILES string of the molecule is CCCCc1nnc(OC2CCN(CCC(=O)NN)CC2)cc1-c1ccc(OC2CCCCC2)cc1. The molecule has 2 fully saturated rings. The first-order chi connectivity index (χ1) is 17.6. The van der Waals surface area contributed by atoms with Crippen LogP contribution in [0.15, 0.2) is 30.3 Å². The van der Waals surface area contributed by atoms with Crippen molar-refractivity contribution in [2.45, 2.75) is 89.8 Å². The Labute approximate surface area is 214 Å². The topological polar surface area (TPSA) is 103 Å². The number of unbranched alkanes of at least 4 members (excludes halogenated alkanes) is 1. The van der Waals surface area contributed by atoms with E-state index in [0.29, 0.717) is 24.9 Å². The van der Waals surface area contributed by atoms with Crippen LogP contribution in [0.5, 0.6) is 11.6 Å². The molecule has 0 atom stereocenters. The van der Waals surface area contributed by atoms with Crippen molar-refractivity contribution in [1.29, 1.82) is 0 Å². The van der Waals surface area contributed by atoms with E-state index in [1.807, 2.05) is 6.07 Å². The van der Waals surface area contributed by atoms with Crippen molar-refractivity contribution >= 4 is 5.91 Å². The summed E-state index contributed by atoms with van der Waals surface area (Å²) >= 11 is 0. The number of nitrogens with one attached hydrogen (secondary N) is 1. The summed E-state index contributed by atoms with van der Waals surface area (Å²) in [5.41, 5.74) is 5.40. The number of hydrogen-bond donors (Lipinski definition) is 2. The molecule has 8 heteroatoms. The summed E-state index contributed by atoms with van der Waals surface area (Å²) in [6.45, 7) is 4.68. The van der Waals surface area contributed by atoms with Crippen molar-refractivity contribution in [2.24, 2.45) is 5.84 Å². The lowest BCUT2D eigenvalue weighted by molar-refractivity contribution is -0.121. The molecule has 8 nitrogen and oxygen atoms in total. The molecule has 0 spiro atoms. The molecule has 2 aliphatic rings. The van der Waals surface area contributed by atoms with Crippen LogP contribution in [-0.4, -0.2) is 52.8 Å². The first-order valence-corrected chi connectivity index (χ1v) is 13.7. The van der Waals surface area contributed by atoms with Gasteiger partial charge in [-0.3, -0.25) is 10.2 Å². The monoisotopic (exact) mass is 495 g/mol. The Balaban J connectivity index is 1.39. The van der Waals surface area contributed by atoms with Crippen molar-refractivity contribution in [1.82, 2.24) is 20.5 Å². The van der Waals surface area contributed by atoms with E-state index in [9.17, 15) is 4.79 Å². The van der Waals surface area contributed by atoms with Gasteiger partial charge in [-0.25, -0.2) is 5.84 Å². The van der Waals surface area contributed by atoms with Crippen molar-refractivity contribution in [3.8, 4) is 22.8 Å². The number of aromatic nitrogens is 2. The highest BCUT2D eigenvalue weighted by Crippen LogP contribution is 2.30. The Morgan fingerprint density at radius 3 is 2.44 bits per heavy atom. The zero-order valence-electron chi connectivity index (χ0n) is 21.6. The van der Waals surface area contributed by atoms with Gasteiger partial charge in [0.1, 0.15) is 11.9 Å². The Kier molecular flexibility index (Phi) is 9.93. The van der Waals surface area contributed by atoms with Crippen molar-refractivity contribution in [2.75, 3.05) is 19.6 Å². The number of piperidine rings is 1. The average molecular weight is 496 g/mol. The van der Waals surface area contributed by atoms with E-state index in [2.05, 4.69) is 51.7 Å². The van der Waals surface area contributed by atoms with Gasteiger partial charge < -0.3 is 14.4 Å². The molecule has 36 heavy (non-hydrogen) atoms. The standard InChI is InChI=1S/C28H41N5O3/c1-2-3-9-26-25(21-10-12-23(13-11-21)35-22-7-5-4-6-8-22)20-28(32-31-26)36-24-14-17-33(18-15-24)19-16-27(34)30-29/h10-13,20,22,24H,2-9,14-19,29H2,1H3,(H,30,34). The number of hydrazine groups is 1. The molecule has 2 heterocycles. The average Bonchev–Trinajstić information content (AvgIpc) is 2.92. The maximum absolute atomic E-state index is 11.4. The van der Waals surface area contributed by atoms with Gasteiger partial charge in [-0.05, 0) is 69.1 Å². The molecular weight excluding hydrogens is 454 g/mol. The summed E-state index contributed by atoms with van der Waals surface area (Å²) in [6.07, 6.45) is 11.9. The maximum Gasteiger partial charge on any atom is 0.235 e. The first kappa shape index (κ1) is 26.4. The third kappa shape index (κ3) is 7.64. The van der Waals surface area contributed by atoms with Crippen molar-refractivity contribution in [3.63, 3.8) is 0 Å². The van der Waals surface area contributed by atoms with Gasteiger partial charge in [-0.2, -0.15) is 5.10 Å². The number of ether oxygens (including phenoxy) is 2. The first-order valence-electron chi connectivity index (χ1n) is 13.7. The number of benzene rings is 1. The van der Waals surface area contributed by atoms with E-state index < -0.39 is 0 Å². The van der Waals surface area contributed by atoms with Gasteiger partial charge in [0.05, 0.1) is 11.8 Å². The summed E-state index contributed by atoms with van der Waals surface area (Å²) in [4.78, 5) is 13.7. The van der Waals surface area contributed by atoms with Crippen LogP contribution in [0.4, 0.5) is 0 Å². The Hall–Kier alpha value is -2.71. The molecule has 2 aromatic rings. The van der Waals surface area contributed by atoms with Gasteiger partial charge in [0.25, 0.3) is 0 Å². The van der Waals surface area contributed by atoms with Crippen molar-refractivity contribution in [3.05, 3.63) is 36.0 Å². The Bertz CT molecular complexity index is 954. The molecule has 1 amide bonds. The smallest absolute Gasteiger partial charge is 0.235 e. The van der Waals surface area contributed by atoms with Crippen LogP contribution < -0.4 is 20.7 Å². The fraction of sp³-hybridized carbons (Fsp3) is 0.607. The Morgan fingerprint density at radius 2 is 1.75 bits per heavy atom. The second kappa shape index (κ2) is 13.6. The van der Waals surface area contributed by atoms with Gasteiger partial charge in [-0.1, -0.05) is 31.9 Å². The van der Waals surface area contributed by atoms with E-state index >= 15 is 0 Å². The summed E-state index contributed by atoms with van der Waals surface area (Å²) in [6, 6.07) is 10.5. The predicted octanol–water partition coefficient (Wildman–Crippen LogP) is 4.42. The second-order valence-electron chi connectivity index (χ2n) is 10.0. The van der Waals surface area contributed by atoms with Gasteiger partial charge >= 0.3 is 0 Å². The molecule has 1 saturated heterocycles. The van der Waals surface area contributed by atoms with E-state index in [1.54, 1.807) is 0 Å². The van der Waals surface area contributed by atoms with Crippen LogP contribution in [0.3, 0.4) is 0 Å². The van der Waals surface area contributed by atoms with Crippen LogP contribution in [0.1, 0.15) is 76.8 Å². The zero-order valence-corrected chi connectivity index (χ0v) is 21.6. The molecule has 196 valence electrons. The maximum atomic E-state index is 11.4. The third-order valence-corrected chi connectivity index (χ3v) is 7.27. The number of likely N-dealkylation sites (tertiary alicyclic amines) is 1. The molecule has 0 radical (unpaired) electrons. The fourth-order valence-corrected chi connectivity index (χ4v) is 5.08. The molecule has 0 bridgehead atoms. The lowest BCUT2D eigenvalue weighted by Gasteiger charge is -2.31. The van der Waals surface area contributed by atoms with E-state index in [0.717, 1.165) is 80.6 Å². The summed E-state index contributed by atoms with van der Waals surface area (Å²) in [5, 5.41) is 8.99. The lowest BCUT2D eigenvalue weighted by atomic mass is 9.97. The van der Waals surface area contributed by atoms with Gasteiger partial charge in [-0.15, -0.1) is 5.10 Å². The third-order valence-electron chi connectivity index (χ3n) is 7.27. The molecular formula is C28H41N5O3. The molecule has 0 unspecified atom stereocenters. The lowest BCUT2D eigenvalue weighted by Crippen LogP contribution is -2.41. The highest BCUT2D eigenvalue weighted by Gasteiger charge is 2.22. The predicted molar refractivity (Wildman–Crippen MR) is 141 cm³/mol.